The smallest absolute Gasteiger partial charge is 0.243 e. The molecule has 9 heteroatoms. The molecule has 1 fully saturated rings. The maximum Gasteiger partial charge on any atom is 0.243 e. The van der Waals surface area contributed by atoms with E-state index in [4.69, 9.17) is 4.74 Å². The molecule has 0 saturated carbocycles. The molecule has 156 valence electrons. The largest absolute Gasteiger partial charge is 0.497 e. The van der Waals surface area contributed by atoms with Crippen molar-refractivity contribution >= 4 is 21.8 Å². The quantitative estimate of drug-likeness (QED) is 0.648. The van der Waals surface area contributed by atoms with Crippen molar-refractivity contribution < 1.29 is 13.2 Å². The average Bonchev–Trinajstić information content (AvgIpc) is 2.80. The first-order chi connectivity index (χ1) is 14.6. The molecule has 1 N–H and O–H groups in total. The Hall–Kier alpha value is -3.04. The zero-order chi connectivity index (χ0) is 21.0. The van der Waals surface area contributed by atoms with Crippen molar-refractivity contribution in [1.82, 2.24) is 19.3 Å². The number of nitrogens with zero attached hydrogens (tertiary/aromatic N) is 4. The number of pyridine rings is 1. The van der Waals surface area contributed by atoms with Crippen LogP contribution in [0.5, 0.6) is 5.75 Å². The van der Waals surface area contributed by atoms with E-state index in [0.29, 0.717) is 30.6 Å². The Morgan fingerprint density at radius 2 is 1.90 bits per heavy atom. The molecule has 0 amide bonds. The van der Waals surface area contributed by atoms with Crippen LogP contribution in [0.25, 0.3) is 0 Å². The molecule has 30 heavy (non-hydrogen) atoms. The number of hydrogen-bond donors (Lipinski definition) is 1. The number of nitrogens with one attached hydrogen (secondary N) is 1. The fourth-order valence-corrected chi connectivity index (χ4v) is 5.03. The number of aromatic nitrogens is 3. The van der Waals surface area contributed by atoms with E-state index < -0.39 is 10.0 Å². The highest BCUT2D eigenvalue weighted by molar-refractivity contribution is 7.89. The van der Waals surface area contributed by atoms with Gasteiger partial charge in [-0.15, -0.1) is 0 Å². The molecule has 2 aromatic heterocycles. The Bertz CT molecular complexity index is 1090. The highest BCUT2D eigenvalue weighted by Gasteiger charge is 2.31. The summed E-state index contributed by atoms with van der Waals surface area (Å²) in [6.07, 6.45) is 5.02. The Morgan fingerprint density at radius 1 is 1.07 bits per heavy atom. The normalized spacial score (nSPS) is 17.4. The van der Waals surface area contributed by atoms with E-state index in [1.54, 1.807) is 43.8 Å². The zero-order valence-corrected chi connectivity index (χ0v) is 17.4. The number of piperidine rings is 1. The summed E-state index contributed by atoms with van der Waals surface area (Å²) in [5, 5.41) is 3.08. The number of ether oxygens (including phenoxy) is 1. The number of methoxy groups -OCH3 is 1. The van der Waals surface area contributed by atoms with Gasteiger partial charge in [0.15, 0.2) is 0 Å². The fraction of sp³-hybridized carbons (Fsp3) is 0.286. The minimum Gasteiger partial charge on any atom is -0.497 e. The molecular formula is C21H23N5O3S. The van der Waals surface area contributed by atoms with Crippen molar-refractivity contribution in [2.24, 2.45) is 0 Å². The first-order valence-corrected chi connectivity index (χ1v) is 11.2. The molecule has 0 unspecified atom stereocenters. The standard InChI is InChI=1S/C21H23N5O3S/c1-29-17-7-9-18(10-8-17)30(27,28)26-14-4-5-16(15-26)19-11-13-23-21(24-19)25-20-6-2-3-12-22-20/h2-3,6-13,16H,4-5,14-15H2,1H3,(H,22,23,24,25)/t16-/m1/s1. The Labute approximate surface area is 176 Å². The van der Waals surface area contributed by atoms with Gasteiger partial charge in [-0.25, -0.2) is 23.4 Å². The molecule has 0 spiro atoms. The number of hydrogen-bond acceptors (Lipinski definition) is 7. The van der Waals surface area contributed by atoms with Crippen molar-refractivity contribution in [2.45, 2.75) is 23.7 Å². The minimum atomic E-state index is -3.58. The topological polar surface area (TPSA) is 97.3 Å². The molecule has 1 atom stereocenters. The van der Waals surface area contributed by atoms with Crippen molar-refractivity contribution in [3.8, 4) is 5.75 Å². The summed E-state index contributed by atoms with van der Waals surface area (Å²) in [5.41, 5.74) is 0.818. The molecule has 1 aliphatic heterocycles. The van der Waals surface area contributed by atoms with Gasteiger partial charge in [0.25, 0.3) is 0 Å². The number of rotatable bonds is 6. The number of benzene rings is 1. The summed E-state index contributed by atoms with van der Waals surface area (Å²) in [5.74, 6) is 1.72. The average molecular weight is 426 g/mol. The maximum absolute atomic E-state index is 13.1. The van der Waals surface area contributed by atoms with Gasteiger partial charge in [0.2, 0.25) is 16.0 Å². The van der Waals surface area contributed by atoms with Crippen LogP contribution in [0.3, 0.4) is 0 Å². The maximum atomic E-state index is 13.1. The van der Waals surface area contributed by atoms with Crippen LogP contribution in [-0.2, 0) is 10.0 Å². The molecule has 0 aliphatic carbocycles. The summed E-state index contributed by atoms with van der Waals surface area (Å²) < 4.78 is 32.9. The summed E-state index contributed by atoms with van der Waals surface area (Å²) in [4.78, 5) is 13.3. The van der Waals surface area contributed by atoms with Gasteiger partial charge in [0, 0.05) is 31.4 Å². The van der Waals surface area contributed by atoms with Gasteiger partial charge >= 0.3 is 0 Å². The van der Waals surface area contributed by atoms with Gasteiger partial charge in [0.05, 0.1) is 17.7 Å². The van der Waals surface area contributed by atoms with Crippen LogP contribution in [0.2, 0.25) is 0 Å². The van der Waals surface area contributed by atoms with Crippen LogP contribution in [0.15, 0.2) is 65.8 Å². The SMILES string of the molecule is COc1ccc(S(=O)(=O)N2CCC[C@@H](c3ccnc(Nc4ccccn4)n3)C2)cc1. The molecular weight excluding hydrogens is 402 g/mol. The first-order valence-electron chi connectivity index (χ1n) is 9.71. The molecule has 0 bridgehead atoms. The zero-order valence-electron chi connectivity index (χ0n) is 16.6. The highest BCUT2D eigenvalue weighted by Crippen LogP contribution is 2.30. The summed E-state index contributed by atoms with van der Waals surface area (Å²) in [6.45, 7) is 0.878. The molecule has 1 saturated heterocycles. The summed E-state index contributed by atoms with van der Waals surface area (Å²) in [7, 11) is -2.02. The third-order valence-corrected chi connectivity index (χ3v) is 6.96. The predicted octanol–water partition coefficient (Wildman–Crippen LogP) is 3.19. The van der Waals surface area contributed by atoms with Crippen LogP contribution in [0.4, 0.5) is 11.8 Å². The van der Waals surface area contributed by atoms with E-state index in [1.807, 2.05) is 24.3 Å². The second kappa shape index (κ2) is 8.76. The molecule has 0 radical (unpaired) electrons. The van der Waals surface area contributed by atoms with Gasteiger partial charge in [-0.1, -0.05) is 6.07 Å². The van der Waals surface area contributed by atoms with Gasteiger partial charge < -0.3 is 10.1 Å². The lowest BCUT2D eigenvalue weighted by Gasteiger charge is -2.31. The molecule has 3 heterocycles. The van der Waals surface area contributed by atoms with Crippen molar-refractivity contribution in [3.63, 3.8) is 0 Å². The summed E-state index contributed by atoms with van der Waals surface area (Å²) in [6, 6.07) is 13.9. The van der Waals surface area contributed by atoms with Gasteiger partial charge in [-0.05, 0) is 55.3 Å². The predicted molar refractivity (Wildman–Crippen MR) is 113 cm³/mol. The van der Waals surface area contributed by atoms with E-state index in [2.05, 4.69) is 20.3 Å². The van der Waals surface area contributed by atoms with Crippen molar-refractivity contribution in [2.75, 3.05) is 25.5 Å². The highest BCUT2D eigenvalue weighted by atomic mass is 32.2. The Morgan fingerprint density at radius 3 is 2.63 bits per heavy atom. The van der Waals surface area contributed by atoms with Crippen molar-refractivity contribution in [3.05, 3.63) is 66.6 Å². The first kappa shape index (κ1) is 20.2. The van der Waals surface area contributed by atoms with Crippen LogP contribution in [0, 0.1) is 0 Å². The minimum absolute atomic E-state index is 0.000874. The van der Waals surface area contributed by atoms with Gasteiger partial charge in [0.1, 0.15) is 11.6 Å². The van der Waals surface area contributed by atoms with E-state index >= 15 is 0 Å². The molecule has 4 rings (SSSR count). The van der Waals surface area contributed by atoms with E-state index in [-0.39, 0.29) is 10.8 Å². The third kappa shape index (κ3) is 4.42. The Balaban J connectivity index is 1.51. The third-order valence-electron chi connectivity index (χ3n) is 5.08. The molecule has 8 nitrogen and oxygen atoms in total. The second-order valence-electron chi connectivity index (χ2n) is 7.02. The second-order valence-corrected chi connectivity index (χ2v) is 8.96. The van der Waals surface area contributed by atoms with Gasteiger partial charge in [-0.3, -0.25) is 0 Å². The number of anilines is 2. The molecule has 3 aromatic rings. The van der Waals surface area contributed by atoms with E-state index in [9.17, 15) is 8.42 Å². The lowest BCUT2D eigenvalue weighted by atomic mass is 9.96. The molecule has 1 aliphatic rings. The van der Waals surface area contributed by atoms with E-state index in [1.165, 1.54) is 4.31 Å². The number of sulfonamides is 1. The van der Waals surface area contributed by atoms with Crippen molar-refractivity contribution in [1.29, 1.82) is 0 Å². The fourth-order valence-electron chi connectivity index (χ4n) is 3.51. The summed E-state index contributed by atoms with van der Waals surface area (Å²) >= 11 is 0. The lowest BCUT2D eigenvalue weighted by Crippen LogP contribution is -2.39. The van der Waals surface area contributed by atoms with Crippen LogP contribution in [-0.4, -0.2) is 47.9 Å². The molecule has 1 aromatic carbocycles. The monoisotopic (exact) mass is 425 g/mol. The Kier molecular flexibility index (Phi) is 5.91. The van der Waals surface area contributed by atoms with Crippen LogP contribution >= 0.6 is 0 Å². The lowest BCUT2D eigenvalue weighted by molar-refractivity contribution is 0.312. The van der Waals surface area contributed by atoms with E-state index in [0.717, 1.165) is 18.5 Å². The van der Waals surface area contributed by atoms with Crippen LogP contribution < -0.4 is 10.1 Å². The van der Waals surface area contributed by atoms with Crippen LogP contribution in [0.1, 0.15) is 24.5 Å². The van der Waals surface area contributed by atoms with Gasteiger partial charge in [-0.2, -0.15) is 4.31 Å².